The first-order chi connectivity index (χ1) is 9.74. The fourth-order valence-electron chi connectivity index (χ4n) is 2.80. The molecule has 0 N–H and O–H groups in total. The molecule has 3 aromatic rings. The summed E-state index contributed by atoms with van der Waals surface area (Å²) in [6.45, 7) is 0. The molecule has 1 fully saturated rings. The lowest BCUT2D eigenvalue weighted by molar-refractivity contribution is 0.626. The van der Waals surface area contributed by atoms with Crippen molar-refractivity contribution >= 4 is 17.2 Å². The molecule has 1 aliphatic rings. The number of hydrogen-bond acceptors (Lipinski definition) is 2. The SMILES string of the molecule is Fc1cc([C@H]2C[C@@H]2c2ccnn3ccnc23)ccc1Cl. The molecule has 20 heavy (non-hydrogen) atoms. The Kier molecular flexibility index (Phi) is 2.54. The minimum Gasteiger partial charge on any atom is -0.235 e. The topological polar surface area (TPSA) is 30.2 Å². The van der Waals surface area contributed by atoms with Crippen LogP contribution in [0.5, 0.6) is 0 Å². The van der Waals surface area contributed by atoms with E-state index >= 15 is 0 Å². The largest absolute Gasteiger partial charge is 0.235 e. The highest BCUT2D eigenvalue weighted by Crippen LogP contribution is 2.55. The van der Waals surface area contributed by atoms with Gasteiger partial charge in [-0.1, -0.05) is 17.7 Å². The van der Waals surface area contributed by atoms with E-state index in [-0.39, 0.29) is 10.8 Å². The zero-order valence-corrected chi connectivity index (χ0v) is 11.3. The molecule has 1 saturated carbocycles. The predicted octanol–water partition coefficient (Wildman–Crippen LogP) is 3.79. The van der Waals surface area contributed by atoms with E-state index in [1.54, 1.807) is 23.0 Å². The maximum absolute atomic E-state index is 13.5. The molecule has 0 radical (unpaired) electrons. The summed E-state index contributed by atoms with van der Waals surface area (Å²) in [6.07, 6.45) is 6.36. The molecule has 0 unspecified atom stereocenters. The van der Waals surface area contributed by atoms with Crippen LogP contribution in [-0.4, -0.2) is 14.6 Å². The second-order valence-electron chi connectivity index (χ2n) is 5.10. The maximum Gasteiger partial charge on any atom is 0.156 e. The molecule has 5 heteroatoms. The van der Waals surface area contributed by atoms with E-state index < -0.39 is 0 Å². The van der Waals surface area contributed by atoms with Gasteiger partial charge in [-0.3, -0.25) is 0 Å². The Morgan fingerprint density at radius 3 is 2.95 bits per heavy atom. The van der Waals surface area contributed by atoms with Crippen LogP contribution in [0.25, 0.3) is 5.65 Å². The number of halogens is 2. The summed E-state index contributed by atoms with van der Waals surface area (Å²) in [6, 6.07) is 7.06. The highest BCUT2D eigenvalue weighted by atomic mass is 35.5. The molecule has 0 bridgehead atoms. The van der Waals surface area contributed by atoms with Crippen molar-refractivity contribution in [3.05, 3.63) is 64.8 Å². The Balaban J connectivity index is 1.69. The Morgan fingerprint density at radius 2 is 2.10 bits per heavy atom. The quantitative estimate of drug-likeness (QED) is 0.718. The first-order valence-corrected chi connectivity index (χ1v) is 6.85. The molecule has 2 atom stereocenters. The van der Waals surface area contributed by atoms with Crippen molar-refractivity contribution in [1.29, 1.82) is 0 Å². The zero-order valence-electron chi connectivity index (χ0n) is 10.5. The van der Waals surface area contributed by atoms with Crippen LogP contribution in [0.2, 0.25) is 5.02 Å². The lowest BCUT2D eigenvalue weighted by atomic mass is 10.1. The van der Waals surface area contributed by atoms with Crippen LogP contribution in [0.15, 0.2) is 42.9 Å². The van der Waals surface area contributed by atoms with Crippen molar-refractivity contribution in [2.75, 3.05) is 0 Å². The summed E-state index contributed by atoms with van der Waals surface area (Å²) in [5.74, 6) is 0.364. The van der Waals surface area contributed by atoms with E-state index in [2.05, 4.69) is 10.1 Å². The molecule has 2 aromatic heterocycles. The molecular formula is C15H11ClFN3. The maximum atomic E-state index is 13.5. The van der Waals surface area contributed by atoms with Crippen molar-refractivity contribution in [2.24, 2.45) is 0 Å². The molecule has 0 aliphatic heterocycles. The van der Waals surface area contributed by atoms with Crippen LogP contribution >= 0.6 is 11.6 Å². The number of fused-ring (bicyclic) bond motifs is 1. The molecule has 4 rings (SSSR count). The van der Waals surface area contributed by atoms with E-state index in [1.807, 2.05) is 18.3 Å². The number of hydrogen-bond donors (Lipinski definition) is 0. The average molecular weight is 288 g/mol. The van der Waals surface area contributed by atoms with Gasteiger partial charge in [0.15, 0.2) is 5.65 Å². The molecular weight excluding hydrogens is 277 g/mol. The third-order valence-corrected chi connectivity index (χ3v) is 4.19. The van der Waals surface area contributed by atoms with E-state index in [0.29, 0.717) is 11.8 Å². The van der Waals surface area contributed by atoms with Crippen molar-refractivity contribution in [3.63, 3.8) is 0 Å². The molecule has 100 valence electrons. The molecule has 0 saturated heterocycles. The molecule has 1 aliphatic carbocycles. The molecule has 2 heterocycles. The summed E-state index contributed by atoms with van der Waals surface area (Å²) in [7, 11) is 0. The van der Waals surface area contributed by atoms with Crippen LogP contribution in [0.3, 0.4) is 0 Å². The summed E-state index contributed by atoms with van der Waals surface area (Å²) in [5.41, 5.74) is 3.05. The first kappa shape index (κ1) is 11.9. The molecule has 0 amide bonds. The van der Waals surface area contributed by atoms with Crippen LogP contribution < -0.4 is 0 Å². The highest BCUT2D eigenvalue weighted by Gasteiger charge is 2.41. The number of rotatable bonds is 2. The summed E-state index contributed by atoms with van der Waals surface area (Å²) < 4.78 is 15.3. The normalized spacial score (nSPS) is 21.3. The van der Waals surface area contributed by atoms with Gasteiger partial charge in [0, 0.05) is 24.2 Å². The standard InChI is InChI=1S/C15H11ClFN3/c16-13-2-1-9(7-14(13)17)11-8-12(11)10-3-4-19-20-6-5-18-15(10)20/h1-7,11-12H,8H2/t11-,12-/m1/s1. The Hall–Kier alpha value is -1.94. The molecule has 0 spiro atoms. The third kappa shape index (κ3) is 1.79. The van der Waals surface area contributed by atoms with Crippen molar-refractivity contribution in [3.8, 4) is 0 Å². The number of imidazole rings is 1. The fourth-order valence-corrected chi connectivity index (χ4v) is 2.91. The lowest BCUT2D eigenvalue weighted by Crippen LogP contribution is -1.95. The number of nitrogens with zero attached hydrogens (tertiary/aromatic N) is 3. The van der Waals surface area contributed by atoms with Gasteiger partial charge >= 0.3 is 0 Å². The monoisotopic (exact) mass is 287 g/mol. The summed E-state index contributed by atoms with van der Waals surface area (Å²) in [4.78, 5) is 4.34. The van der Waals surface area contributed by atoms with Gasteiger partial charge in [0.2, 0.25) is 0 Å². The van der Waals surface area contributed by atoms with Crippen molar-refractivity contribution < 1.29 is 4.39 Å². The van der Waals surface area contributed by atoms with Crippen molar-refractivity contribution in [1.82, 2.24) is 14.6 Å². The van der Waals surface area contributed by atoms with E-state index in [0.717, 1.165) is 17.6 Å². The number of aromatic nitrogens is 3. The highest BCUT2D eigenvalue weighted by molar-refractivity contribution is 6.30. The van der Waals surface area contributed by atoms with Gasteiger partial charge in [-0.05, 0) is 42.0 Å². The van der Waals surface area contributed by atoms with E-state index in [9.17, 15) is 4.39 Å². The minimum absolute atomic E-state index is 0.172. The fraction of sp³-hybridized carbons (Fsp3) is 0.200. The van der Waals surface area contributed by atoms with E-state index in [1.165, 1.54) is 11.6 Å². The van der Waals surface area contributed by atoms with Crippen LogP contribution in [0.1, 0.15) is 29.4 Å². The summed E-state index contributed by atoms with van der Waals surface area (Å²) >= 11 is 5.73. The van der Waals surface area contributed by atoms with Crippen LogP contribution in [0.4, 0.5) is 4.39 Å². The molecule has 3 nitrogen and oxygen atoms in total. The van der Waals surface area contributed by atoms with E-state index in [4.69, 9.17) is 11.6 Å². The minimum atomic E-state index is -0.351. The van der Waals surface area contributed by atoms with Gasteiger partial charge in [-0.2, -0.15) is 5.10 Å². The Bertz CT molecular complexity index is 799. The van der Waals surface area contributed by atoms with Crippen molar-refractivity contribution in [2.45, 2.75) is 18.3 Å². The van der Waals surface area contributed by atoms with Gasteiger partial charge in [0.05, 0.1) is 5.02 Å². The van der Waals surface area contributed by atoms with Gasteiger partial charge < -0.3 is 0 Å². The van der Waals surface area contributed by atoms with Gasteiger partial charge in [-0.25, -0.2) is 13.9 Å². The zero-order chi connectivity index (χ0) is 13.7. The smallest absolute Gasteiger partial charge is 0.156 e. The van der Waals surface area contributed by atoms with Crippen LogP contribution in [0, 0.1) is 5.82 Å². The summed E-state index contributed by atoms with van der Waals surface area (Å²) in [5, 5.41) is 4.38. The average Bonchev–Trinajstić information content (AvgIpc) is 3.09. The second kappa shape index (κ2) is 4.28. The van der Waals surface area contributed by atoms with Gasteiger partial charge in [0.1, 0.15) is 5.82 Å². The number of benzene rings is 1. The third-order valence-electron chi connectivity index (χ3n) is 3.89. The second-order valence-corrected chi connectivity index (χ2v) is 5.51. The molecule has 1 aromatic carbocycles. The Morgan fingerprint density at radius 1 is 1.20 bits per heavy atom. The Labute approximate surface area is 120 Å². The lowest BCUT2D eigenvalue weighted by Gasteiger charge is -2.04. The van der Waals surface area contributed by atoms with Gasteiger partial charge in [-0.15, -0.1) is 0 Å². The van der Waals surface area contributed by atoms with Gasteiger partial charge in [0.25, 0.3) is 0 Å². The van der Waals surface area contributed by atoms with Crippen LogP contribution in [-0.2, 0) is 0 Å². The predicted molar refractivity (Wildman–Crippen MR) is 74.5 cm³/mol. The first-order valence-electron chi connectivity index (χ1n) is 6.47.